The van der Waals surface area contributed by atoms with Gasteiger partial charge < -0.3 is 15.5 Å². The largest absolute Gasteiger partial charge is 0.507 e. The van der Waals surface area contributed by atoms with Gasteiger partial charge in [-0.15, -0.1) is 0 Å². The van der Waals surface area contributed by atoms with E-state index in [1.54, 1.807) is 12.1 Å². The fraction of sp³-hybridized carbons (Fsp3) is 0.500. The summed E-state index contributed by atoms with van der Waals surface area (Å²) in [6.07, 6.45) is 1.47. The van der Waals surface area contributed by atoms with E-state index in [1.165, 1.54) is 6.07 Å². The van der Waals surface area contributed by atoms with E-state index < -0.39 is 5.97 Å². The number of aryl methyl sites for hydroxylation is 1. The summed E-state index contributed by atoms with van der Waals surface area (Å²) in [7, 11) is 0. The van der Waals surface area contributed by atoms with E-state index in [4.69, 9.17) is 5.11 Å². The summed E-state index contributed by atoms with van der Waals surface area (Å²) < 4.78 is 0. The van der Waals surface area contributed by atoms with Gasteiger partial charge in [0.1, 0.15) is 5.75 Å². The zero-order valence-corrected chi connectivity index (χ0v) is 12.9. The zero-order chi connectivity index (χ0) is 16.3. The fourth-order valence-corrected chi connectivity index (χ4v) is 2.77. The van der Waals surface area contributed by atoms with Crippen LogP contribution in [0, 0.1) is 6.92 Å². The van der Waals surface area contributed by atoms with Gasteiger partial charge in [-0.25, -0.2) is 0 Å². The number of rotatable bonds is 6. The highest BCUT2D eigenvalue weighted by molar-refractivity contribution is 5.97. The molecule has 22 heavy (non-hydrogen) atoms. The number of aromatic hydroxyl groups is 1. The Bertz CT molecular complexity index is 567. The molecule has 1 saturated carbocycles. The molecule has 1 aliphatic carbocycles. The van der Waals surface area contributed by atoms with Crippen LogP contribution in [0.5, 0.6) is 5.75 Å². The molecule has 0 spiro atoms. The van der Waals surface area contributed by atoms with Crippen LogP contribution in [0.15, 0.2) is 18.2 Å². The molecule has 1 aliphatic rings. The van der Waals surface area contributed by atoms with Crippen molar-refractivity contribution in [1.82, 2.24) is 10.2 Å². The number of carbonyl (C=O) groups excluding carboxylic acids is 1. The molecule has 6 heteroatoms. The third-order valence-corrected chi connectivity index (χ3v) is 4.11. The molecule has 0 unspecified atom stereocenters. The minimum absolute atomic E-state index is 0.0277. The average Bonchev–Trinajstić information content (AvgIpc) is 2.42. The first-order chi connectivity index (χ1) is 10.4. The Morgan fingerprint density at radius 2 is 2.05 bits per heavy atom. The molecule has 0 aromatic heterocycles. The van der Waals surface area contributed by atoms with E-state index in [-0.39, 0.29) is 35.8 Å². The lowest BCUT2D eigenvalue weighted by molar-refractivity contribution is -0.139. The number of carboxylic acids is 1. The predicted molar refractivity (Wildman–Crippen MR) is 82.0 cm³/mol. The summed E-state index contributed by atoms with van der Waals surface area (Å²) in [5, 5.41) is 21.5. The third kappa shape index (κ3) is 3.76. The summed E-state index contributed by atoms with van der Waals surface area (Å²) in [5.74, 6) is -1.15. The minimum atomic E-state index is -0.834. The van der Waals surface area contributed by atoms with Gasteiger partial charge in [0, 0.05) is 12.1 Å². The quantitative estimate of drug-likeness (QED) is 0.738. The molecule has 1 fully saturated rings. The summed E-state index contributed by atoms with van der Waals surface area (Å²) in [6.45, 7) is 4.50. The number of benzene rings is 1. The second-order valence-electron chi connectivity index (χ2n) is 5.77. The van der Waals surface area contributed by atoms with Crippen LogP contribution in [-0.4, -0.2) is 52.2 Å². The number of carbonyl (C=O) groups is 2. The minimum Gasteiger partial charge on any atom is -0.507 e. The first kappa shape index (κ1) is 16.3. The topological polar surface area (TPSA) is 89.9 Å². The lowest BCUT2D eigenvalue weighted by Gasteiger charge is -2.42. The summed E-state index contributed by atoms with van der Waals surface area (Å²) in [4.78, 5) is 24.9. The smallest absolute Gasteiger partial charge is 0.317 e. The molecule has 2 rings (SSSR count). The molecule has 0 atom stereocenters. The number of nitrogens with zero attached hydrogens (tertiary/aromatic N) is 1. The lowest BCUT2D eigenvalue weighted by Crippen LogP contribution is -2.54. The molecular weight excluding hydrogens is 284 g/mol. The van der Waals surface area contributed by atoms with Gasteiger partial charge in [0.05, 0.1) is 12.1 Å². The van der Waals surface area contributed by atoms with Gasteiger partial charge in [-0.2, -0.15) is 0 Å². The number of phenolic OH excluding ortho intramolecular Hbond substituents is 1. The van der Waals surface area contributed by atoms with E-state index in [1.807, 2.05) is 18.7 Å². The number of amides is 1. The molecule has 120 valence electrons. The SMILES string of the molecule is CCN(CC(=O)O)C1CC(NC(=O)c2cc(C)ccc2O)C1. The van der Waals surface area contributed by atoms with Crippen LogP contribution in [0.2, 0.25) is 0 Å². The molecule has 3 N–H and O–H groups in total. The molecule has 0 bridgehead atoms. The lowest BCUT2D eigenvalue weighted by atomic mass is 9.85. The van der Waals surface area contributed by atoms with E-state index in [9.17, 15) is 14.7 Å². The molecule has 1 aromatic carbocycles. The highest BCUT2D eigenvalue weighted by atomic mass is 16.4. The Balaban J connectivity index is 1.88. The van der Waals surface area contributed by atoms with Crippen molar-refractivity contribution in [2.24, 2.45) is 0 Å². The fourth-order valence-electron chi connectivity index (χ4n) is 2.77. The van der Waals surface area contributed by atoms with Crippen LogP contribution in [0.4, 0.5) is 0 Å². The highest BCUT2D eigenvalue weighted by Crippen LogP contribution is 2.26. The second kappa shape index (κ2) is 6.79. The zero-order valence-electron chi connectivity index (χ0n) is 12.9. The standard InChI is InChI=1S/C16H22N2O4/c1-3-18(9-15(20)21)12-7-11(8-12)17-16(22)13-6-10(2)4-5-14(13)19/h4-6,11-12,19H,3,7-9H2,1-2H3,(H,17,22)(H,20,21). The van der Waals surface area contributed by atoms with Crippen LogP contribution >= 0.6 is 0 Å². The Morgan fingerprint density at radius 3 is 2.64 bits per heavy atom. The summed E-state index contributed by atoms with van der Waals surface area (Å²) >= 11 is 0. The summed E-state index contributed by atoms with van der Waals surface area (Å²) in [5.41, 5.74) is 1.19. The van der Waals surface area contributed by atoms with Crippen LogP contribution < -0.4 is 5.32 Å². The van der Waals surface area contributed by atoms with Gasteiger partial charge in [-0.1, -0.05) is 18.6 Å². The molecule has 6 nitrogen and oxygen atoms in total. The van der Waals surface area contributed by atoms with Crippen molar-refractivity contribution in [2.45, 2.75) is 38.8 Å². The normalized spacial score (nSPS) is 20.5. The average molecular weight is 306 g/mol. The highest BCUT2D eigenvalue weighted by Gasteiger charge is 2.35. The second-order valence-corrected chi connectivity index (χ2v) is 5.77. The maximum absolute atomic E-state index is 12.2. The maximum atomic E-state index is 12.2. The van der Waals surface area contributed by atoms with Gasteiger partial charge in [0.25, 0.3) is 5.91 Å². The van der Waals surface area contributed by atoms with Crippen LogP contribution in [0.25, 0.3) is 0 Å². The number of hydrogen-bond donors (Lipinski definition) is 3. The molecular formula is C16H22N2O4. The van der Waals surface area contributed by atoms with E-state index in [2.05, 4.69) is 5.32 Å². The molecule has 0 radical (unpaired) electrons. The molecule has 1 amide bonds. The van der Waals surface area contributed by atoms with Crippen molar-refractivity contribution in [1.29, 1.82) is 0 Å². The van der Waals surface area contributed by atoms with Crippen molar-refractivity contribution in [3.8, 4) is 5.75 Å². The third-order valence-electron chi connectivity index (χ3n) is 4.11. The first-order valence-electron chi connectivity index (χ1n) is 7.47. The van der Waals surface area contributed by atoms with Crippen molar-refractivity contribution >= 4 is 11.9 Å². The number of carboxylic acid groups (broad SMARTS) is 1. The van der Waals surface area contributed by atoms with Gasteiger partial charge in [-0.3, -0.25) is 14.5 Å². The Morgan fingerprint density at radius 1 is 1.36 bits per heavy atom. The molecule has 0 aliphatic heterocycles. The first-order valence-corrected chi connectivity index (χ1v) is 7.47. The Hall–Kier alpha value is -2.08. The van der Waals surface area contributed by atoms with Crippen molar-refractivity contribution in [2.75, 3.05) is 13.1 Å². The van der Waals surface area contributed by atoms with E-state index in [0.717, 1.165) is 18.4 Å². The van der Waals surface area contributed by atoms with Crippen LogP contribution in [0.1, 0.15) is 35.7 Å². The number of likely N-dealkylation sites (N-methyl/N-ethyl adjacent to an activating group) is 1. The Labute approximate surface area is 129 Å². The maximum Gasteiger partial charge on any atom is 0.317 e. The van der Waals surface area contributed by atoms with Crippen molar-refractivity contribution in [3.05, 3.63) is 29.3 Å². The summed E-state index contributed by atoms with van der Waals surface area (Å²) in [6, 6.07) is 5.14. The van der Waals surface area contributed by atoms with E-state index >= 15 is 0 Å². The van der Waals surface area contributed by atoms with Crippen LogP contribution in [-0.2, 0) is 4.79 Å². The van der Waals surface area contributed by atoms with Gasteiger partial charge in [0.2, 0.25) is 0 Å². The number of phenols is 1. The van der Waals surface area contributed by atoms with Gasteiger partial charge in [0.15, 0.2) is 0 Å². The van der Waals surface area contributed by atoms with Crippen molar-refractivity contribution < 1.29 is 19.8 Å². The van der Waals surface area contributed by atoms with Crippen molar-refractivity contribution in [3.63, 3.8) is 0 Å². The number of nitrogens with one attached hydrogen (secondary N) is 1. The molecule has 0 heterocycles. The van der Waals surface area contributed by atoms with Gasteiger partial charge >= 0.3 is 5.97 Å². The van der Waals surface area contributed by atoms with Gasteiger partial charge in [-0.05, 0) is 38.4 Å². The molecule has 1 aromatic rings. The number of aliphatic carboxylic acids is 1. The molecule has 0 saturated heterocycles. The Kier molecular flexibility index (Phi) is 5.03. The monoisotopic (exact) mass is 306 g/mol. The van der Waals surface area contributed by atoms with Crippen LogP contribution in [0.3, 0.4) is 0 Å². The predicted octanol–water partition coefficient (Wildman–Crippen LogP) is 1.37. The number of hydrogen-bond acceptors (Lipinski definition) is 4. The van der Waals surface area contributed by atoms with E-state index in [0.29, 0.717) is 6.54 Å².